The fourth-order valence-corrected chi connectivity index (χ4v) is 2.24. The van der Waals surface area contributed by atoms with Crippen LogP contribution in [0.25, 0.3) is 0 Å². The van der Waals surface area contributed by atoms with E-state index in [4.69, 9.17) is 0 Å². The third-order valence-electron chi connectivity index (χ3n) is 3.56. The summed E-state index contributed by atoms with van der Waals surface area (Å²) in [7, 11) is 0. The van der Waals surface area contributed by atoms with Crippen molar-refractivity contribution in [1.82, 2.24) is 15.2 Å². The van der Waals surface area contributed by atoms with Gasteiger partial charge in [0, 0.05) is 12.2 Å². The van der Waals surface area contributed by atoms with Crippen molar-refractivity contribution in [2.24, 2.45) is 5.92 Å². The highest BCUT2D eigenvalue weighted by molar-refractivity contribution is 5.64. The Morgan fingerprint density at radius 3 is 2.77 bits per heavy atom. The second-order valence-electron chi connectivity index (χ2n) is 5.86. The Kier molecular flexibility index (Phi) is 5.69. The zero-order valence-electron chi connectivity index (χ0n) is 13.8. The molecule has 2 rings (SSSR count). The van der Waals surface area contributed by atoms with Gasteiger partial charge < -0.3 is 10.6 Å². The number of aryl methyl sites for hydroxylation is 2. The zero-order valence-corrected chi connectivity index (χ0v) is 13.8. The van der Waals surface area contributed by atoms with Crippen molar-refractivity contribution >= 4 is 17.5 Å². The molecule has 5 heteroatoms. The van der Waals surface area contributed by atoms with E-state index in [0.717, 1.165) is 25.1 Å². The Morgan fingerprint density at radius 1 is 1.23 bits per heavy atom. The van der Waals surface area contributed by atoms with Crippen molar-refractivity contribution in [2.45, 2.75) is 40.5 Å². The Morgan fingerprint density at radius 2 is 2.05 bits per heavy atom. The van der Waals surface area contributed by atoms with Crippen LogP contribution >= 0.6 is 0 Å². The SMILES string of the molecule is CCc1cccc(C)c1Nc1cnnc(NCCC(C)C)n1. The first-order chi connectivity index (χ1) is 10.6. The van der Waals surface area contributed by atoms with Crippen LogP contribution in [0, 0.1) is 12.8 Å². The summed E-state index contributed by atoms with van der Waals surface area (Å²) >= 11 is 0. The minimum absolute atomic E-state index is 0.567. The Hall–Kier alpha value is -2.17. The van der Waals surface area contributed by atoms with Crippen molar-refractivity contribution in [1.29, 1.82) is 0 Å². The standard InChI is InChI=1S/C17H25N5/c1-5-14-8-6-7-13(4)16(14)20-15-11-19-22-17(21-15)18-10-9-12(2)3/h6-8,11-12H,5,9-10H2,1-4H3,(H2,18,20,21,22). The van der Waals surface area contributed by atoms with Crippen molar-refractivity contribution in [3.63, 3.8) is 0 Å². The van der Waals surface area contributed by atoms with Crippen molar-refractivity contribution in [3.05, 3.63) is 35.5 Å². The molecule has 1 aromatic heterocycles. The van der Waals surface area contributed by atoms with Crippen molar-refractivity contribution in [2.75, 3.05) is 17.2 Å². The molecule has 0 atom stereocenters. The number of benzene rings is 1. The first-order valence-corrected chi connectivity index (χ1v) is 7.89. The van der Waals surface area contributed by atoms with Crippen molar-refractivity contribution in [3.8, 4) is 0 Å². The average molecular weight is 299 g/mol. The summed E-state index contributed by atoms with van der Waals surface area (Å²) in [5.74, 6) is 1.93. The Bertz CT molecular complexity index is 610. The van der Waals surface area contributed by atoms with Gasteiger partial charge in [-0.3, -0.25) is 0 Å². The predicted molar refractivity (Wildman–Crippen MR) is 91.6 cm³/mol. The van der Waals surface area contributed by atoms with E-state index in [-0.39, 0.29) is 0 Å². The minimum atomic E-state index is 0.567. The number of hydrogen-bond acceptors (Lipinski definition) is 5. The monoisotopic (exact) mass is 299 g/mol. The van der Waals surface area contributed by atoms with Crippen LogP contribution in [0.2, 0.25) is 0 Å². The maximum Gasteiger partial charge on any atom is 0.244 e. The van der Waals surface area contributed by atoms with Crippen LogP contribution in [-0.4, -0.2) is 21.7 Å². The molecular weight excluding hydrogens is 274 g/mol. The molecule has 0 unspecified atom stereocenters. The molecule has 0 fully saturated rings. The summed E-state index contributed by atoms with van der Waals surface area (Å²) in [6.07, 6.45) is 3.71. The van der Waals surface area contributed by atoms with Crippen LogP contribution in [0.3, 0.4) is 0 Å². The molecule has 0 saturated carbocycles. The number of hydrogen-bond donors (Lipinski definition) is 2. The second-order valence-corrected chi connectivity index (χ2v) is 5.86. The maximum absolute atomic E-state index is 4.49. The molecule has 0 saturated heterocycles. The largest absolute Gasteiger partial charge is 0.353 e. The summed E-state index contributed by atoms with van der Waals surface area (Å²) in [5, 5.41) is 14.7. The van der Waals surface area contributed by atoms with Gasteiger partial charge in [0.25, 0.3) is 0 Å². The molecule has 118 valence electrons. The molecule has 2 aromatic rings. The van der Waals surface area contributed by atoms with Gasteiger partial charge in [-0.2, -0.15) is 10.1 Å². The lowest BCUT2D eigenvalue weighted by molar-refractivity contribution is 0.605. The average Bonchev–Trinajstić information content (AvgIpc) is 2.49. The number of para-hydroxylation sites is 1. The molecule has 0 radical (unpaired) electrons. The van der Waals surface area contributed by atoms with Crippen LogP contribution < -0.4 is 10.6 Å². The molecule has 2 N–H and O–H groups in total. The Balaban J connectivity index is 2.10. The smallest absolute Gasteiger partial charge is 0.244 e. The normalized spacial score (nSPS) is 10.8. The number of rotatable bonds is 7. The van der Waals surface area contributed by atoms with E-state index in [1.807, 2.05) is 0 Å². The highest BCUT2D eigenvalue weighted by atomic mass is 15.3. The third-order valence-corrected chi connectivity index (χ3v) is 3.56. The van der Waals surface area contributed by atoms with Gasteiger partial charge in [0.15, 0.2) is 5.82 Å². The van der Waals surface area contributed by atoms with Crippen molar-refractivity contribution < 1.29 is 0 Å². The van der Waals surface area contributed by atoms with E-state index in [9.17, 15) is 0 Å². The fraction of sp³-hybridized carbons (Fsp3) is 0.471. The topological polar surface area (TPSA) is 62.7 Å². The number of anilines is 3. The summed E-state index contributed by atoms with van der Waals surface area (Å²) in [6.45, 7) is 9.49. The minimum Gasteiger partial charge on any atom is -0.353 e. The van der Waals surface area contributed by atoms with Gasteiger partial charge in [-0.1, -0.05) is 39.0 Å². The molecule has 1 aromatic carbocycles. The lowest BCUT2D eigenvalue weighted by Gasteiger charge is -2.13. The molecule has 0 aliphatic carbocycles. The van der Waals surface area contributed by atoms with Gasteiger partial charge in [0.2, 0.25) is 5.95 Å². The van der Waals surface area contributed by atoms with E-state index in [1.165, 1.54) is 11.1 Å². The van der Waals surface area contributed by atoms with Crippen LogP contribution in [-0.2, 0) is 6.42 Å². The van der Waals surface area contributed by atoms with E-state index < -0.39 is 0 Å². The van der Waals surface area contributed by atoms with Gasteiger partial charge in [0.05, 0.1) is 6.20 Å². The summed E-state index contributed by atoms with van der Waals surface area (Å²) in [4.78, 5) is 4.49. The lowest BCUT2D eigenvalue weighted by Crippen LogP contribution is -2.10. The van der Waals surface area contributed by atoms with E-state index in [1.54, 1.807) is 6.20 Å². The highest BCUT2D eigenvalue weighted by Crippen LogP contribution is 2.24. The van der Waals surface area contributed by atoms with Crippen LogP contribution in [0.15, 0.2) is 24.4 Å². The summed E-state index contributed by atoms with van der Waals surface area (Å²) in [5.41, 5.74) is 3.58. The van der Waals surface area contributed by atoms with Gasteiger partial charge in [-0.15, -0.1) is 5.10 Å². The molecule has 0 aliphatic heterocycles. The van der Waals surface area contributed by atoms with E-state index >= 15 is 0 Å². The molecular formula is C17H25N5. The summed E-state index contributed by atoms with van der Waals surface area (Å²) in [6, 6.07) is 6.31. The predicted octanol–water partition coefficient (Wildman–Crippen LogP) is 3.94. The maximum atomic E-state index is 4.49. The molecule has 0 bridgehead atoms. The van der Waals surface area contributed by atoms with Crippen LogP contribution in [0.5, 0.6) is 0 Å². The molecule has 0 aliphatic rings. The van der Waals surface area contributed by atoms with E-state index in [2.05, 4.69) is 71.7 Å². The van der Waals surface area contributed by atoms with Gasteiger partial charge in [-0.25, -0.2) is 0 Å². The number of aromatic nitrogens is 3. The quantitative estimate of drug-likeness (QED) is 0.810. The van der Waals surface area contributed by atoms with Crippen LogP contribution in [0.4, 0.5) is 17.5 Å². The highest BCUT2D eigenvalue weighted by Gasteiger charge is 2.07. The van der Waals surface area contributed by atoms with Crippen LogP contribution in [0.1, 0.15) is 38.3 Å². The third kappa shape index (κ3) is 4.41. The lowest BCUT2D eigenvalue weighted by atomic mass is 10.1. The molecule has 1 heterocycles. The summed E-state index contributed by atoms with van der Waals surface area (Å²) < 4.78 is 0. The number of nitrogens with one attached hydrogen (secondary N) is 2. The Labute approximate surface area is 132 Å². The molecule has 0 spiro atoms. The van der Waals surface area contributed by atoms with Gasteiger partial charge in [0.1, 0.15) is 0 Å². The van der Waals surface area contributed by atoms with E-state index in [0.29, 0.717) is 17.7 Å². The molecule has 5 nitrogen and oxygen atoms in total. The fourth-order valence-electron chi connectivity index (χ4n) is 2.24. The second kappa shape index (κ2) is 7.73. The number of nitrogens with zero attached hydrogens (tertiary/aromatic N) is 3. The zero-order chi connectivity index (χ0) is 15.9. The first-order valence-electron chi connectivity index (χ1n) is 7.89. The molecule has 22 heavy (non-hydrogen) atoms. The van der Waals surface area contributed by atoms with Gasteiger partial charge in [-0.05, 0) is 36.8 Å². The van der Waals surface area contributed by atoms with Gasteiger partial charge >= 0.3 is 0 Å². The first kappa shape index (κ1) is 16.2. The molecule has 0 amide bonds.